The molecular formula is C12H17ClFNO. The fourth-order valence-corrected chi connectivity index (χ4v) is 1.55. The maximum atomic E-state index is 13.5. The van der Waals surface area contributed by atoms with Crippen LogP contribution < -0.4 is 10.1 Å². The molecule has 0 amide bonds. The summed E-state index contributed by atoms with van der Waals surface area (Å²) in [5.41, 5.74) is 0.659. The number of benzene rings is 1. The van der Waals surface area contributed by atoms with Gasteiger partial charge in [0.15, 0.2) is 0 Å². The molecule has 0 aromatic heterocycles. The Morgan fingerprint density at radius 3 is 2.81 bits per heavy atom. The Morgan fingerprint density at radius 2 is 2.19 bits per heavy atom. The summed E-state index contributed by atoms with van der Waals surface area (Å²) >= 11 is 5.55. The van der Waals surface area contributed by atoms with Gasteiger partial charge in [-0.3, -0.25) is 0 Å². The highest BCUT2D eigenvalue weighted by molar-refractivity contribution is 6.17. The molecule has 90 valence electrons. The van der Waals surface area contributed by atoms with Crippen molar-refractivity contribution >= 4 is 11.6 Å². The van der Waals surface area contributed by atoms with Crippen LogP contribution in [0.3, 0.4) is 0 Å². The Balaban J connectivity index is 2.36. The van der Waals surface area contributed by atoms with Crippen LogP contribution in [0, 0.1) is 5.82 Å². The molecule has 0 saturated heterocycles. The zero-order valence-corrected chi connectivity index (χ0v) is 10.2. The van der Waals surface area contributed by atoms with Gasteiger partial charge in [-0.15, -0.1) is 11.6 Å². The van der Waals surface area contributed by atoms with Crippen LogP contribution in [0.5, 0.6) is 5.75 Å². The predicted molar refractivity (Wildman–Crippen MR) is 64.6 cm³/mol. The highest BCUT2D eigenvalue weighted by Crippen LogP contribution is 2.15. The molecule has 0 aliphatic heterocycles. The van der Waals surface area contributed by atoms with E-state index in [4.69, 9.17) is 16.3 Å². The Kier molecular flexibility index (Phi) is 6.19. The van der Waals surface area contributed by atoms with Crippen molar-refractivity contribution in [3.8, 4) is 5.75 Å². The lowest BCUT2D eigenvalue weighted by atomic mass is 10.2. The third-order valence-electron chi connectivity index (χ3n) is 2.31. The van der Waals surface area contributed by atoms with E-state index in [1.165, 1.54) is 13.2 Å². The monoisotopic (exact) mass is 245 g/mol. The van der Waals surface area contributed by atoms with Crippen molar-refractivity contribution < 1.29 is 9.13 Å². The largest absolute Gasteiger partial charge is 0.497 e. The van der Waals surface area contributed by atoms with Gasteiger partial charge in [-0.1, -0.05) is 6.07 Å². The van der Waals surface area contributed by atoms with Gasteiger partial charge >= 0.3 is 0 Å². The summed E-state index contributed by atoms with van der Waals surface area (Å²) in [5, 5.41) is 3.18. The normalized spacial score (nSPS) is 10.4. The van der Waals surface area contributed by atoms with E-state index in [1.54, 1.807) is 12.1 Å². The molecule has 0 spiro atoms. The third-order valence-corrected chi connectivity index (χ3v) is 2.58. The quantitative estimate of drug-likeness (QED) is 0.589. The first-order valence-corrected chi connectivity index (χ1v) is 5.90. The zero-order valence-electron chi connectivity index (χ0n) is 9.43. The fraction of sp³-hybridized carbons (Fsp3) is 0.500. The molecule has 1 N–H and O–H groups in total. The van der Waals surface area contributed by atoms with Crippen LogP contribution in [0.1, 0.15) is 18.4 Å². The number of rotatable bonds is 7. The van der Waals surface area contributed by atoms with Gasteiger partial charge in [-0.2, -0.15) is 0 Å². The van der Waals surface area contributed by atoms with Crippen molar-refractivity contribution in [2.45, 2.75) is 19.4 Å². The molecule has 0 heterocycles. The summed E-state index contributed by atoms with van der Waals surface area (Å²) in [5.74, 6) is 0.992. The average Bonchev–Trinajstić information content (AvgIpc) is 2.30. The van der Waals surface area contributed by atoms with E-state index in [0.717, 1.165) is 19.4 Å². The van der Waals surface area contributed by atoms with Crippen LogP contribution in [0.15, 0.2) is 18.2 Å². The molecule has 0 bridgehead atoms. The molecule has 1 rings (SSSR count). The number of hydrogen-bond donors (Lipinski definition) is 1. The van der Waals surface area contributed by atoms with E-state index in [9.17, 15) is 4.39 Å². The maximum Gasteiger partial charge on any atom is 0.131 e. The number of alkyl halides is 1. The van der Waals surface area contributed by atoms with Gasteiger partial charge in [0.05, 0.1) is 7.11 Å². The molecule has 0 fully saturated rings. The predicted octanol–water partition coefficient (Wildman–Crippen LogP) is 2.94. The van der Waals surface area contributed by atoms with E-state index in [2.05, 4.69) is 5.32 Å². The van der Waals surface area contributed by atoms with Gasteiger partial charge in [0.1, 0.15) is 11.6 Å². The Bertz CT molecular complexity index is 320. The molecule has 1 aromatic carbocycles. The van der Waals surface area contributed by atoms with Crippen molar-refractivity contribution in [1.82, 2.24) is 5.32 Å². The molecule has 0 unspecified atom stereocenters. The average molecular weight is 246 g/mol. The Morgan fingerprint density at radius 1 is 1.38 bits per heavy atom. The molecule has 0 atom stereocenters. The van der Waals surface area contributed by atoms with E-state index >= 15 is 0 Å². The van der Waals surface area contributed by atoms with Gasteiger partial charge in [0.25, 0.3) is 0 Å². The molecule has 1 aromatic rings. The van der Waals surface area contributed by atoms with Gasteiger partial charge < -0.3 is 10.1 Å². The minimum atomic E-state index is -0.232. The molecule has 0 aliphatic carbocycles. The van der Waals surface area contributed by atoms with Crippen LogP contribution in [-0.2, 0) is 6.54 Å². The van der Waals surface area contributed by atoms with Crippen LogP contribution in [-0.4, -0.2) is 19.5 Å². The van der Waals surface area contributed by atoms with E-state index < -0.39 is 0 Å². The van der Waals surface area contributed by atoms with Crippen molar-refractivity contribution in [3.05, 3.63) is 29.6 Å². The standard InChI is InChI=1S/C12H17ClFNO/c1-16-11-5-4-10(12(14)8-11)9-15-7-3-2-6-13/h4-5,8,15H,2-3,6-7,9H2,1H3. The summed E-state index contributed by atoms with van der Waals surface area (Å²) in [4.78, 5) is 0. The fourth-order valence-electron chi connectivity index (χ4n) is 1.37. The van der Waals surface area contributed by atoms with Crippen LogP contribution in [0.25, 0.3) is 0 Å². The number of ether oxygens (including phenoxy) is 1. The lowest BCUT2D eigenvalue weighted by molar-refractivity contribution is 0.410. The summed E-state index contributed by atoms with van der Waals surface area (Å²) < 4.78 is 18.4. The van der Waals surface area contributed by atoms with E-state index in [0.29, 0.717) is 23.7 Å². The summed E-state index contributed by atoms with van der Waals surface area (Å²) in [6.45, 7) is 1.40. The number of methoxy groups -OCH3 is 1. The van der Waals surface area contributed by atoms with Crippen molar-refractivity contribution in [1.29, 1.82) is 0 Å². The number of unbranched alkanes of at least 4 members (excludes halogenated alkanes) is 1. The first kappa shape index (κ1) is 13.3. The number of hydrogen-bond acceptors (Lipinski definition) is 2. The van der Waals surface area contributed by atoms with Crippen LogP contribution in [0.4, 0.5) is 4.39 Å². The molecular weight excluding hydrogens is 229 g/mol. The van der Waals surface area contributed by atoms with Gasteiger partial charge in [-0.25, -0.2) is 4.39 Å². The zero-order chi connectivity index (χ0) is 11.8. The Hall–Kier alpha value is -0.800. The SMILES string of the molecule is COc1ccc(CNCCCCCl)c(F)c1. The van der Waals surface area contributed by atoms with E-state index in [1.807, 2.05) is 0 Å². The second-order valence-corrected chi connectivity index (χ2v) is 3.91. The lowest BCUT2D eigenvalue weighted by Gasteiger charge is -2.07. The van der Waals surface area contributed by atoms with Crippen LogP contribution >= 0.6 is 11.6 Å². The maximum absolute atomic E-state index is 13.5. The van der Waals surface area contributed by atoms with Crippen molar-refractivity contribution in [2.75, 3.05) is 19.5 Å². The molecule has 0 radical (unpaired) electrons. The first-order chi connectivity index (χ1) is 7.77. The topological polar surface area (TPSA) is 21.3 Å². The smallest absolute Gasteiger partial charge is 0.131 e. The van der Waals surface area contributed by atoms with Crippen LogP contribution in [0.2, 0.25) is 0 Å². The van der Waals surface area contributed by atoms with Crippen molar-refractivity contribution in [2.24, 2.45) is 0 Å². The molecule has 4 heteroatoms. The second-order valence-electron chi connectivity index (χ2n) is 3.53. The van der Waals surface area contributed by atoms with Gasteiger partial charge in [0, 0.05) is 24.1 Å². The molecule has 0 saturated carbocycles. The van der Waals surface area contributed by atoms with Gasteiger partial charge in [-0.05, 0) is 25.5 Å². The highest BCUT2D eigenvalue weighted by atomic mass is 35.5. The number of halogens is 2. The van der Waals surface area contributed by atoms with E-state index in [-0.39, 0.29) is 5.82 Å². The third kappa shape index (κ3) is 4.37. The van der Waals surface area contributed by atoms with Crippen molar-refractivity contribution in [3.63, 3.8) is 0 Å². The summed E-state index contributed by atoms with van der Waals surface area (Å²) in [6, 6.07) is 4.90. The highest BCUT2D eigenvalue weighted by Gasteiger charge is 2.02. The molecule has 2 nitrogen and oxygen atoms in total. The van der Waals surface area contributed by atoms with Gasteiger partial charge in [0.2, 0.25) is 0 Å². The second kappa shape index (κ2) is 7.47. The Labute approximate surface area is 101 Å². The minimum Gasteiger partial charge on any atom is -0.497 e. The minimum absolute atomic E-state index is 0.232. The first-order valence-electron chi connectivity index (χ1n) is 5.37. The molecule has 16 heavy (non-hydrogen) atoms. The number of nitrogens with one attached hydrogen (secondary N) is 1. The molecule has 0 aliphatic rings. The summed E-state index contributed by atoms with van der Waals surface area (Å²) in [7, 11) is 1.53. The summed E-state index contributed by atoms with van der Waals surface area (Å²) in [6.07, 6.45) is 2.00. The lowest BCUT2D eigenvalue weighted by Crippen LogP contribution is -2.15.